The van der Waals surface area contributed by atoms with Gasteiger partial charge in [0.2, 0.25) is 0 Å². The first kappa shape index (κ1) is 25.0. The molecule has 12 heteroatoms. The number of hydrogen-bond acceptors (Lipinski definition) is 8. The van der Waals surface area contributed by atoms with Crippen molar-refractivity contribution in [3.05, 3.63) is 0 Å². The fraction of sp³-hybridized carbons (Fsp3) is 0.923. The molecule has 0 rings (SSSR count). The van der Waals surface area contributed by atoms with E-state index in [-0.39, 0.29) is 13.2 Å². The molecule has 0 atom stereocenters. The summed E-state index contributed by atoms with van der Waals surface area (Å²) in [4.78, 5) is 29.1. The zero-order chi connectivity index (χ0) is 19.6. The zero-order valence-corrected chi connectivity index (χ0v) is 18.1. The van der Waals surface area contributed by atoms with E-state index in [1.165, 1.54) is 0 Å². The van der Waals surface area contributed by atoms with Crippen LogP contribution in [0.1, 0.15) is 20.3 Å². The number of carbonyl (C=O) groups excluding carboxylic acids is 1. The smallest absolute Gasteiger partial charge is 0.463 e. The van der Waals surface area contributed by atoms with E-state index >= 15 is 0 Å². The molecular weight excluding hydrogens is 391 g/mol. The van der Waals surface area contributed by atoms with Crippen molar-refractivity contribution in [2.45, 2.75) is 26.3 Å². The van der Waals surface area contributed by atoms with Gasteiger partial charge in [-0.15, -0.1) is 0 Å². The van der Waals surface area contributed by atoms with Crippen LogP contribution in [0.4, 0.5) is 0 Å². The highest BCUT2D eigenvalue weighted by molar-refractivity contribution is 7.99. The van der Waals surface area contributed by atoms with E-state index in [9.17, 15) is 9.36 Å². The number of ether oxygens (including phenoxy) is 1. The molecule has 150 valence electrons. The lowest BCUT2D eigenvalue weighted by Crippen LogP contribution is -2.42. The lowest BCUT2D eigenvalue weighted by molar-refractivity contribution is -0.153. The predicted octanol–water partition coefficient (Wildman–Crippen LogP) is 1.67. The molecule has 0 saturated heterocycles. The van der Waals surface area contributed by atoms with Crippen LogP contribution in [0.5, 0.6) is 0 Å². The third-order valence-corrected chi connectivity index (χ3v) is 8.15. The predicted molar refractivity (Wildman–Crippen MR) is 96.3 cm³/mol. The molecule has 0 aromatic carbocycles. The second-order valence-corrected chi connectivity index (χ2v) is 11.2. The summed E-state index contributed by atoms with van der Waals surface area (Å²) in [5.74, 6) is 0.916. The van der Waals surface area contributed by atoms with Crippen molar-refractivity contribution in [1.29, 1.82) is 0 Å². The summed E-state index contributed by atoms with van der Waals surface area (Å²) in [6, 6.07) is 0.689. The Bertz CT molecular complexity index is 431. The van der Waals surface area contributed by atoms with Crippen molar-refractivity contribution < 1.29 is 41.7 Å². The molecule has 0 fully saturated rings. The van der Waals surface area contributed by atoms with E-state index in [0.29, 0.717) is 11.8 Å². The van der Waals surface area contributed by atoms with Gasteiger partial charge in [0, 0.05) is 33.1 Å². The van der Waals surface area contributed by atoms with Gasteiger partial charge in [0.15, 0.2) is 0 Å². The Hall–Kier alpha value is 0.0269. The van der Waals surface area contributed by atoms with Gasteiger partial charge in [-0.05, 0) is 26.0 Å². The standard InChI is InChI=1S/C13H29O9PSSi/c1-13(2,12(14)21-7-8-22-23(15,16)17)11-24-9-6-10-25(18-3,19-4)20-5/h6-11H2,1-5H3,(H2,15,16,17). The Morgan fingerprint density at radius 3 is 2.16 bits per heavy atom. The van der Waals surface area contributed by atoms with Crippen LogP contribution in [-0.4, -0.2) is 70.6 Å². The topological polar surface area (TPSA) is 121 Å². The second-order valence-electron chi connectivity index (χ2n) is 5.80. The Morgan fingerprint density at radius 2 is 1.68 bits per heavy atom. The minimum atomic E-state index is -4.54. The highest BCUT2D eigenvalue weighted by atomic mass is 32.2. The summed E-state index contributed by atoms with van der Waals surface area (Å²) in [6.07, 6.45) is 0.827. The van der Waals surface area contributed by atoms with Crippen molar-refractivity contribution >= 4 is 34.4 Å². The fourth-order valence-corrected chi connectivity index (χ4v) is 5.23. The molecule has 0 spiro atoms. The molecule has 0 heterocycles. The van der Waals surface area contributed by atoms with Crippen LogP contribution in [0.2, 0.25) is 6.04 Å². The van der Waals surface area contributed by atoms with Crippen LogP contribution >= 0.6 is 19.6 Å². The van der Waals surface area contributed by atoms with Crippen molar-refractivity contribution in [3.8, 4) is 0 Å². The highest BCUT2D eigenvalue weighted by Crippen LogP contribution is 2.35. The molecule has 0 aromatic rings. The van der Waals surface area contributed by atoms with Crippen LogP contribution in [0, 0.1) is 5.41 Å². The third-order valence-electron chi connectivity index (χ3n) is 3.30. The third kappa shape index (κ3) is 10.7. The Labute approximate surface area is 154 Å². The molecule has 0 aromatic heterocycles. The summed E-state index contributed by atoms with van der Waals surface area (Å²) in [7, 11) is -2.38. The summed E-state index contributed by atoms with van der Waals surface area (Å²) >= 11 is 1.60. The first-order valence-electron chi connectivity index (χ1n) is 7.62. The van der Waals surface area contributed by atoms with Crippen LogP contribution in [0.25, 0.3) is 0 Å². The van der Waals surface area contributed by atoms with Gasteiger partial charge in [0.1, 0.15) is 6.61 Å². The fourth-order valence-electron chi connectivity index (χ4n) is 1.82. The molecule has 9 nitrogen and oxygen atoms in total. The maximum atomic E-state index is 12.0. The van der Waals surface area contributed by atoms with Crippen molar-refractivity contribution in [1.82, 2.24) is 0 Å². The molecule has 2 N–H and O–H groups in total. The summed E-state index contributed by atoms with van der Waals surface area (Å²) in [5.41, 5.74) is -0.717. The Kier molecular flexibility index (Phi) is 11.7. The van der Waals surface area contributed by atoms with Gasteiger partial charge in [-0.1, -0.05) is 0 Å². The van der Waals surface area contributed by atoms with E-state index in [0.717, 1.165) is 12.2 Å². The SMILES string of the molecule is CO[Si](CCCSCC(C)(C)C(=O)OCCOP(=O)(O)O)(OC)OC. The highest BCUT2D eigenvalue weighted by Gasteiger charge is 2.37. The van der Waals surface area contributed by atoms with Crippen molar-refractivity contribution in [2.24, 2.45) is 5.41 Å². The van der Waals surface area contributed by atoms with Crippen LogP contribution < -0.4 is 0 Å². The van der Waals surface area contributed by atoms with Gasteiger partial charge in [-0.3, -0.25) is 9.32 Å². The second kappa shape index (κ2) is 11.7. The minimum Gasteiger partial charge on any atom is -0.463 e. The van der Waals surface area contributed by atoms with Crippen LogP contribution in [0.15, 0.2) is 0 Å². The maximum Gasteiger partial charge on any atom is 0.500 e. The number of thioether (sulfide) groups is 1. The normalized spacial score (nSPS) is 13.1. The molecule has 0 bridgehead atoms. The van der Waals surface area contributed by atoms with E-state index in [1.54, 1.807) is 46.9 Å². The minimum absolute atomic E-state index is 0.207. The maximum absolute atomic E-state index is 12.0. The molecule has 0 unspecified atom stereocenters. The Balaban J connectivity index is 4.06. The lowest BCUT2D eigenvalue weighted by atomic mass is 9.97. The largest absolute Gasteiger partial charge is 0.500 e. The Morgan fingerprint density at radius 1 is 1.12 bits per heavy atom. The molecule has 0 aliphatic heterocycles. The molecule has 0 aliphatic carbocycles. The number of phosphoric acid groups is 1. The molecule has 0 radical (unpaired) electrons. The number of carbonyl (C=O) groups is 1. The summed E-state index contributed by atoms with van der Waals surface area (Å²) < 4.78 is 35.8. The van der Waals surface area contributed by atoms with Gasteiger partial charge in [-0.2, -0.15) is 11.8 Å². The van der Waals surface area contributed by atoms with Crippen LogP contribution in [-0.2, 0) is 31.9 Å². The number of phosphoric ester groups is 1. The van der Waals surface area contributed by atoms with Gasteiger partial charge in [0.05, 0.1) is 12.0 Å². The number of esters is 1. The summed E-state index contributed by atoms with van der Waals surface area (Å²) in [5, 5.41) is 0. The van der Waals surface area contributed by atoms with E-state index in [4.69, 9.17) is 27.8 Å². The van der Waals surface area contributed by atoms with Gasteiger partial charge in [-0.25, -0.2) is 4.57 Å². The van der Waals surface area contributed by atoms with Crippen LogP contribution in [0.3, 0.4) is 0 Å². The average Bonchev–Trinajstić information content (AvgIpc) is 2.54. The average molecular weight is 420 g/mol. The van der Waals surface area contributed by atoms with Crippen molar-refractivity contribution in [2.75, 3.05) is 46.0 Å². The zero-order valence-electron chi connectivity index (χ0n) is 15.4. The molecule has 0 aliphatic rings. The first-order valence-corrected chi connectivity index (χ1v) is 12.2. The molecule has 25 heavy (non-hydrogen) atoms. The monoisotopic (exact) mass is 420 g/mol. The van der Waals surface area contributed by atoms with E-state index in [1.807, 2.05) is 0 Å². The first-order chi connectivity index (χ1) is 11.5. The molecule has 0 amide bonds. The lowest BCUT2D eigenvalue weighted by Gasteiger charge is -2.25. The van der Waals surface area contributed by atoms with Crippen molar-refractivity contribution in [3.63, 3.8) is 0 Å². The molecular formula is C13H29O9PSSi. The van der Waals surface area contributed by atoms with Gasteiger partial charge >= 0.3 is 22.6 Å². The number of hydrogen-bond donors (Lipinski definition) is 2. The summed E-state index contributed by atoms with van der Waals surface area (Å²) in [6.45, 7) is 2.95. The number of rotatable bonds is 14. The van der Waals surface area contributed by atoms with E-state index in [2.05, 4.69) is 4.52 Å². The van der Waals surface area contributed by atoms with E-state index < -0.39 is 28.0 Å². The van der Waals surface area contributed by atoms with Gasteiger partial charge < -0.3 is 27.8 Å². The molecule has 0 saturated carbocycles. The quantitative estimate of drug-likeness (QED) is 0.186. The van der Waals surface area contributed by atoms with Gasteiger partial charge in [0.25, 0.3) is 0 Å².